The first-order valence-corrected chi connectivity index (χ1v) is 8.15. The summed E-state index contributed by atoms with van der Waals surface area (Å²) in [7, 11) is 0. The molecule has 0 aliphatic carbocycles. The maximum Gasteiger partial charge on any atom is 0.393 e. The van der Waals surface area contributed by atoms with Crippen molar-refractivity contribution >= 4 is 11.6 Å². The third kappa shape index (κ3) is 3.67. The summed E-state index contributed by atoms with van der Waals surface area (Å²) in [4.78, 5) is 0. The van der Waals surface area contributed by atoms with E-state index in [1.54, 1.807) is 0 Å². The topological polar surface area (TPSA) is 29.5 Å². The van der Waals surface area contributed by atoms with Crippen molar-refractivity contribution in [2.75, 3.05) is 6.61 Å². The van der Waals surface area contributed by atoms with Crippen molar-refractivity contribution in [1.82, 2.24) is 0 Å². The van der Waals surface area contributed by atoms with E-state index in [4.69, 9.17) is 5.11 Å². The number of alkyl halides is 17. The average Bonchev–Trinajstić information content (AvgIpc) is 2.59. The van der Waals surface area contributed by atoms with Crippen molar-refractivity contribution in [3.63, 3.8) is 0 Å². The van der Waals surface area contributed by atoms with Crippen LogP contribution in [0, 0.1) is 5.92 Å². The van der Waals surface area contributed by atoms with Crippen LogP contribution in [-0.2, 0) is 4.74 Å². The number of hydrogen-bond acceptors (Lipinski definition) is 2. The molecule has 192 valence electrons. The molecule has 19 heteroatoms. The van der Waals surface area contributed by atoms with Gasteiger partial charge < -0.3 is 9.84 Å². The normalized spacial score (nSPS) is 23.4. The van der Waals surface area contributed by atoms with Crippen LogP contribution in [0.3, 0.4) is 0 Å². The summed E-state index contributed by atoms with van der Waals surface area (Å²) in [6.07, 6.45) is -5.08. The van der Waals surface area contributed by atoms with Crippen LogP contribution in [0.4, 0.5) is 70.2 Å². The molecule has 1 aliphatic heterocycles. The maximum absolute atomic E-state index is 13.9. The summed E-state index contributed by atoms with van der Waals surface area (Å²) in [6, 6.07) is 0. The Morgan fingerprint density at radius 2 is 0.938 bits per heavy atom. The lowest BCUT2D eigenvalue weighted by molar-refractivity contribution is -0.454. The first-order valence-electron chi connectivity index (χ1n) is 7.78. The zero-order valence-corrected chi connectivity index (χ0v) is 15.3. The van der Waals surface area contributed by atoms with Crippen molar-refractivity contribution in [3.8, 4) is 0 Å². The van der Waals surface area contributed by atoms with Gasteiger partial charge in [-0.3, -0.25) is 0 Å². The molecule has 1 heterocycles. The number of rotatable bonds is 8. The zero-order chi connectivity index (χ0) is 26.0. The third-order valence-corrected chi connectivity index (χ3v) is 4.74. The Balaban J connectivity index is 3.61. The van der Waals surface area contributed by atoms with Crippen LogP contribution < -0.4 is 0 Å². The third-order valence-electron chi connectivity index (χ3n) is 4.50. The van der Waals surface area contributed by atoms with E-state index in [2.05, 4.69) is 16.3 Å². The van der Waals surface area contributed by atoms with E-state index >= 15 is 0 Å². The minimum atomic E-state index is -8.51. The van der Waals surface area contributed by atoms with E-state index in [0.29, 0.717) is 0 Å². The lowest BCUT2D eigenvalue weighted by Gasteiger charge is -2.45. The molecule has 2 nitrogen and oxygen atoms in total. The fourth-order valence-electron chi connectivity index (χ4n) is 2.54. The summed E-state index contributed by atoms with van der Waals surface area (Å²) in [5.74, 6) is -59.2. The van der Waals surface area contributed by atoms with Crippen molar-refractivity contribution in [3.05, 3.63) is 0 Å². The predicted molar refractivity (Wildman–Crippen MR) is 70.1 cm³/mol. The Labute approximate surface area is 171 Å². The first kappa shape index (κ1) is 29.1. The number of halogens is 17. The number of hydrogen-bond donors (Lipinski definition) is 1. The van der Waals surface area contributed by atoms with Gasteiger partial charge in [0.15, 0.2) is 6.29 Å². The van der Waals surface area contributed by atoms with Crippen molar-refractivity contribution in [2.24, 2.45) is 5.92 Å². The molecule has 32 heavy (non-hydrogen) atoms. The summed E-state index contributed by atoms with van der Waals surface area (Å²) >= 11 is 3.42. The second-order valence-electron chi connectivity index (χ2n) is 6.58. The van der Waals surface area contributed by atoms with Gasteiger partial charge in [0, 0.05) is 6.61 Å². The van der Waals surface area contributed by atoms with Gasteiger partial charge in [-0.1, -0.05) is 0 Å². The van der Waals surface area contributed by atoms with E-state index in [1.165, 1.54) is 0 Å². The molecule has 1 rings (SSSR count). The Morgan fingerprint density at radius 3 is 1.28 bits per heavy atom. The maximum atomic E-state index is 13.9. The minimum Gasteiger partial charge on any atom is -0.367 e. The second kappa shape index (κ2) is 7.81. The highest BCUT2D eigenvalue weighted by Gasteiger charge is 2.95. The smallest absolute Gasteiger partial charge is 0.367 e. The fourth-order valence-corrected chi connectivity index (χ4v) is 2.65. The van der Waals surface area contributed by atoms with Crippen LogP contribution in [0.15, 0.2) is 0 Å². The SMILES string of the molecule is O[C@H]1OCCC[C@@H]1C(F)(F)C(F)(F)C(F)(F)C(F)(F)C(F)(F)C(F)(F)C(F)(F)C(F)(F)Cl. The van der Waals surface area contributed by atoms with Crippen LogP contribution in [0.2, 0.25) is 0 Å². The average molecular weight is 537 g/mol. The Bertz CT molecular complexity index is 688. The van der Waals surface area contributed by atoms with E-state index in [0.717, 1.165) is 0 Å². The van der Waals surface area contributed by atoms with Gasteiger partial charge >= 0.3 is 46.8 Å². The Morgan fingerprint density at radius 1 is 0.594 bits per heavy atom. The second-order valence-corrected chi connectivity index (χ2v) is 7.05. The molecule has 0 amide bonds. The summed E-state index contributed by atoms with van der Waals surface area (Å²) in [6.45, 7) is -0.627. The molecule has 0 spiro atoms. The van der Waals surface area contributed by atoms with E-state index < -0.39 is 78.5 Å². The highest BCUT2D eigenvalue weighted by atomic mass is 35.5. The van der Waals surface area contributed by atoms with Gasteiger partial charge in [0.2, 0.25) is 0 Å². The summed E-state index contributed by atoms with van der Waals surface area (Å²) in [5, 5.41) is 2.27. The molecule has 0 unspecified atom stereocenters. The first-order chi connectivity index (χ1) is 13.8. The van der Waals surface area contributed by atoms with E-state index in [1.807, 2.05) is 0 Å². The van der Waals surface area contributed by atoms with Gasteiger partial charge in [-0.25, -0.2) is 0 Å². The van der Waals surface area contributed by atoms with Gasteiger partial charge in [0.1, 0.15) is 0 Å². The molecule has 0 aromatic carbocycles. The van der Waals surface area contributed by atoms with Gasteiger partial charge in [0.05, 0.1) is 5.92 Å². The molecule has 1 fully saturated rings. The predicted octanol–water partition coefficient (Wildman–Crippen LogP) is 6.01. The van der Waals surface area contributed by atoms with Gasteiger partial charge in [-0.2, -0.15) is 70.2 Å². The minimum absolute atomic E-state index is 0.627. The Hall–Kier alpha value is -0.910. The van der Waals surface area contributed by atoms with E-state index in [-0.39, 0.29) is 0 Å². The van der Waals surface area contributed by atoms with Crippen molar-refractivity contribution in [1.29, 1.82) is 0 Å². The summed E-state index contributed by atoms with van der Waals surface area (Å²) < 4.78 is 218. The highest BCUT2D eigenvalue weighted by molar-refractivity contribution is 6.22. The molecule has 1 aliphatic rings. The zero-order valence-electron chi connectivity index (χ0n) is 14.6. The number of aliphatic hydroxyl groups excluding tert-OH is 1. The molecule has 0 radical (unpaired) electrons. The molecule has 0 aromatic rings. The van der Waals surface area contributed by atoms with E-state index in [9.17, 15) is 70.2 Å². The standard InChI is InChI=1S/C13H9ClF16O2/c14-13(29,30)12(27,28)11(25,26)10(23,24)9(21,22)8(19,20)7(17,18)6(15,16)4-2-1-3-32-5(4)31/h4-5,31H,1-3H2/t4-,5-/m0/s1. The van der Waals surface area contributed by atoms with Crippen molar-refractivity contribution in [2.45, 2.75) is 66.0 Å². The fraction of sp³-hybridized carbons (Fsp3) is 1.00. The monoisotopic (exact) mass is 536 g/mol. The molecule has 0 bridgehead atoms. The van der Waals surface area contributed by atoms with Gasteiger partial charge in [-0.15, -0.1) is 0 Å². The molecular weight excluding hydrogens is 528 g/mol. The van der Waals surface area contributed by atoms with Crippen LogP contribution in [0.5, 0.6) is 0 Å². The lowest BCUT2D eigenvalue weighted by atomic mass is 9.82. The molecule has 1 saturated heterocycles. The van der Waals surface area contributed by atoms with Gasteiger partial charge in [0.25, 0.3) is 0 Å². The number of ether oxygens (including phenoxy) is 1. The van der Waals surface area contributed by atoms with Crippen LogP contribution in [-0.4, -0.2) is 64.8 Å². The van der Waals surface area contributed by atoms with Crippen LogP contribution >= 0.6 is 11.6 Å². The molecule has 0 saturated carbocycles. The van der Waals surface area contributed by atoms with Crippen molar-refractivity contribution < 1.29 is 80.1 Å². The highest BCUT2D eigenvalue weighted by Crippen LogP contribution is 2.65. The quantitative estimate of drug-likeness (QED) is 0.304. The van der Waals surface area contributed by atoms with Gasteiger partial charge in [-0.05, 0) is 24.4 Å². The number of aliphatic hydroxyl groups is 1. The van der Waals surface area contributed by atoms with Crippen LogP contribution in [0.25, 0.3) is 0 Å². The lowest BCUT2D eigenvalue weighted by Crippen LogP contribution is -2.75. The Kier molecular flexibility index (Phi) is 7.11. The molecular formula is C13H9ClF16O2. The largest absolute Gasteiger partial charge is 0.393 e. The summed E-state index contributed by atoms with van der Waals surface area (Å²) in [5.41, 5.74) is 0. The molecule has 0 aromatic heterocycles. The van der Waals surface area contributed by atoms with Crippen LogP contribution in [0.1, 0.15) is 12.8 Å². The molecule has 1 N–H and O–H groups in total. The molecule has 2 atom stereocenters.